The number of hydrogen-bond donors (Lipinski definition) is 1. The van der Waals surface area contributed by atoms with E-state index in [1.54, 1.807) is 18.7 Å². The van der Waals surface area contributed by atoms with E-state index in [1.807, 2.05) is 45.9 Å². The van der Waals surface area contributed by atoms with E-state index in [0.717, 1.165) is 11.3 Å². The predicted octanol–water partition coefficient (Wildman–Crippen LogP) is 2.80. The van der Waals surface area contributed by atoms with Crippen molar-refractivity contribution in [1.82, 2.24) is 5.32 Å². The van der Waals surface area contributed by atoms with Gasteiger partial charge < -0.3 is 15.0 Å². The largest absolute Gasteiger partial charge is 0.476 e. The summed E-state index contributed by atoms with van der Waals surface area (Å²) in [6.07, 6.45) is 0.256. The number of nitrogens with zero attached hydrogens (tertiary/aromatic N) is 1. The molecule has 5 heteroatoms. The second kappa shape index (κ2) is 5.87. The van der Waals surface area contributed by atoms with Gasteiger partial charge in [-0.2, -0.15) is 0 Å². The van der Waals surface area contributed by atoms with Gasteiger partial charge in [0.25, 0.3) is 5.91 Å². The van der Waals surface area contributed by atoms with Crippen LogP contribution in [0.25, 0.3) is 0 Å². The Labute approximate surface area is 138 Å². The maximum Gasteiger partial charge on any atom is 0.270 e. The molecule has 1 N–H and O–H groups in total. The van der Waals surface area contributed by atoms with Crippen molar-refractivity contribution in [2.24, 2.45) is 0 Å². The highest BCUT2D eigenvalue weighted by Crippen LogP contribution is 2.38. The van der Waals surface area contributed by atoms with E-state index in [0.29, 0.717) is 12.3 Å². The molecule has 5 nitrogen and oxygen atoms in total. The van der Waals surface area contributed by atoms with Gasteiger partial charge in [0.05, 0.1) is 5.69 Å². The molecule has 0 fully saturated rings. The van der Waals surface area contributed by atoms with Gasteiger partial charge in [-0.15, -0.1) is 0 Å². The molecule has 23 heavy (non-hydrogen) atoms. The zero-order valence-electron chi connectivity index (χ0n) is 14.8. The molecule has 0 saturated carbocycles. The summed E-state index contributed by atoms with van der Waals surface area (Å²) in [6, 6.07) is 5.75. The van der Waals surface area contributed by atoms with Crippen molar-refractivity contribution in [1.29, 1.82) is 0 Å². The fraction of sp³-hybridized carbons (Fsp3) is 0.556. The Balaban J connectivity index is 2.21. The molecule has 2 amide bonds. The SMILES string of the molecule is Cc1ccc2c(c1)N(CCC(=O)NC(C)(C)C)C(=O)C(C)(C)O2. The molecule has 0 aliphatic carbocycles. The van der Waals surface area contributed by atoms with Gasteiger partial charge >= 0.3 is 0 Å². The number of fused-ring (bicyclic) bond motifs is 1. The Kier molecular flexibility index (Phi) is 4.42. The molecule has 2 rings (SSSR count). The van der Waals surface area contributed by atoms with Crippen molar-refractivity contribution >= 4 is 17.5 Å². The first-order valence-electron chi connectivity index (χ1n) is 7.92. The molecule has 0 bridgehead atoms. The zero-order valence-corrected chi connectivity index (χ0v) is 14.8. The van der Waals surface area contributed by atoms with Crippen molar-refractivity contribution in [3.63, 3.8) is 0 Å². The monoisotopic (exact) mass is 318 g/mol. The predicted molar refractivity (Wildman–Crippen MR) is 90.8 cm³/mol. The van der Waals surface area contributed by atoms with Crippen LogP contribution in [-0.4, -0.2) is 29.5 Å². The molecule has 0 saturated heterocycles. The first-order chi connectivity index (χ1) is 10.5. The highest BCUT2D eigenvalue weighted by Gasteiger charge is 2.40. The molecule has 0 atom stereocenters. The summed E-state index contributed by atoms with van der Waals surface area (Å²) in [4.78, 5) is 26.4. The van der Waals surface area contributed by atoms with Gasteiger partial charge in [0.2, 0.25) is 5.91 Å². The summed E-state index contributed by atoms with van der Waals surface area (Å²) in [6.45, 7) is 11.6. The lowest BCUT2D eigenvalue weighted by atomic mass is 10.0. The van der Waals surface area contributed by atoms with Gasteiger partial charge in [0.15, 0.2) is 5.60 Å². The first-order valence-corrected chi connectivity index (χ1v) is 7.92. The Morgan fingerprint density at radius 3 is 2.57 bits per heavy atom. The van der Waals surface area contributed by atoms with Crippen LogP contribution in [0.4, 0.5) is 5.69 Å². The van der Waals surface area contributed by atoms with Gasteiger partial charge in [0, 0.05) is 18.5 Å². The quantitative estimate of drug-likeness (QED) is 0.932. The second-order valence-corrected chi connectivity index (χ2v) is 7.59. The molecular weight excluding hydrogens is 292 g/mol. The second-order valence-electron chi connectivity index (χ2n) is 7.59. The molecule has 1 aliphatic rings. The van der Waals surface area contributed by atoms with Crippen LogP contribution >= 0.6 is 0 Å². The van der Waals surface area contributed by atoms with Crippen LogP contribution in [0.1, 0.15) is 46.6 Å². The molecule has 1 aliphatic heterocycles. The zero-order chi connectivity index (χ0) is 17.4. The number of ether oxygens (including phenoxy) is 1. The number of aryl methyl sites for hydroxylation is 1. The fourth-order valence-corrected chi connectivity index (χ4v) is 2.59. The minimum Gasteiger partial charge on any atom is -0.476 e. The van der Waals surface area contributed by atoms with Gasteiger partial charge in [-0.05, 0) is 59.2 Å². The van der Waals surface area contributed by atoms with E-state index >= 15 is 0 Å². The third-order valence-electron chi connectivity index (χ3n) is 3.61. The summed E-state index contributed by atoms with van der Waals surface area (Å²) in [5.74, 6) is 0.486. The van der Waals surface area contributed by atoms with Gasteiger partial charge in [0.1, 0.15) is 5.75 Å². The first kappa shape index (κ1) is 17.3. The summed E-state index contributed by atoms with van der Waals surface area (Å²) < 4.78 is 5.81. The molecule has 1 heterocycles. The number of hydrogen-bond acceptors (Lipinski definition) is 3. The number of rotatable bonds is 3. The molecule has 1 aromatic carbocycles. The molecule has 0 unspecified atom stereocenters. The number of nitrogens with one attached hydrogen (secondary N) is 1. The Bertz CT molecular complexity index is 630. The molecule has 0 spiro atoms. The van der Waals surface area contributed by atoms with Gasteiger partial charge in [-0.3, -0.25) is 9.59 Å². The summed E-state index contributed by atoms with van der Waals surface area (Å²) in [5.41, 5.74) is 0.574. The van der Waals surface area contributed by atoms with E-state index in [4.69, 9.17) is 4.74 Å². The number of anilines is 1. The van der Waals surface area contributed by atoms with Crippen LogP contribution in [0.3, 0.4) is 0 Å². The average molecular weight is 318 g/mol. The lowest BCUT2D eigenvalue weighted by Gasteiger charge is -2.39. The third kappa shape index (κ3) is 4.03. The maximum absolute atomic E-state index is 12.7. The molecule has 0 aromatic heterocycles. The molecule has 126 valence electrons. The van der Waals surface area contributed by atoms with Crippen molar-refractivity contribution in [2.75, 3.05) is 11.4 Å². The minimum absolute atomic E-state index is 0.0659. The maximum atomic E-state index is 12.7. The summed E-state index contributed by atoms with van der Waals surface area (Å²) >= 11 is 0. The normalized spacial score (nSPS) is 16.6. The van der Waals surface area contributed by atoms with E-state index in [-0.39, 0.29) is 23.8 Å². The number of carbonyl (C=O) groups is 2. The van der Waals surface area contributed by atoms with Crippen LogP contribution < -0.4 is 15.0 Å². The van der Waals surface area contributed by atoms with E-state index < -0.39 is 5.60 Å². The van der Waals surface area contributed by atoms with Crippen molar-refractivity contribution in [2.45, 2.75) is 59.1 Å². The van der Waals surface area contributed by atoms with Crippen LogP contribution in [0, 0.1) is 6.92 Å². The molecular formula is C18H26N2O3. The summed E-state index contributed by atoms with van der Waals surface area (Å²) in [5, 5.41) is 2.92. The minimum atomic E-state index is -0.928. The van der Waals surface area contributed by atoms with Crippen LogP contribution in [-0.2, 0) is 9.59 Å². The highest BCUT2D eigenvalue weighted by atomic mass is 16.5. The molecule has 1 aromatic rings. The third-order valence-corrected chi connectivity index (χ3v) is 3.61. The van der Waals surface area contributed by atoms with E-state index in [1.165, 1.54) is 0 Å². The average Bonchev–Trinajstić information content (AvgIpc) is 2.38. The Morgan fingerprint density at radius 1 is 1.30 bits per heavy atom. The van der Waals surface area contributed by atoms with Gasteiger partial charge in [-0.25, -0.2) is 0 Å². The van der Waals surface area contributed by atoms with Crippen molar-refractivity contribution in [3.05, 3.63) is 23.8 Å². The Morgan fingerprint density at radius 2 is 1.96 bits per heavy atom. The summed E-state index contributed by atoms with van der Waals surface area (Å²) in [7, 11) is 0. The van der Waals surface area contributed by atoms with Gasteiger partial charge in [-0.1, -0.05) is 6.07 Å². The van der Waals surface area contributed by atoms with Crippen LogP contribution in [0.5, 0.6) is 5.75 Å². The van der Waals surface area contributed by atoms with E-state index in [9.17, 15) is 9.59 Å². The number of benzene rings is 1. The topological polar surface area (TPSA) is 58.6 Å². The smallest absolute Gasteiger partial charge is 0.270 e. The highest BCUT2D eigenvalue weighted by molar-refractivity contribution is 6.02. The van der Waals surface area contributed by atoms with Crippen molar-refractivity contribution in [3.8, 4) is 5.75 Å². The lowest BCUT2D eigenvalue weighted by Crippen LogP contribution is -2.53. The number of carbonyl (C=O) groups excluding carboxylic acids is 2. The van der Waals surface area contributed by atoms with Crippen LogP contribution in [0.2, 0.25) is 0 Å². The standard InChI is InChI=1S/C18H26N2O3/c1-12-7-8-14-13(11-12)20(16(22)18(5,6)23-14)10-9-15(21)19-17(2,3)4/h7-8,11H,9-10H2,1-6H3,(H,19,21). The van der Waals surface area contributed by atoms with Crippen molar-refractivity contribution < 1.29 is 14.3 Å². The Hall–Kier alpha value is -2.04. The van der Waals surface area contributed by atoms with Crippen LogP contribution in [0.15, 0.2) is 18.2 Å². The molecule has 0 radical (unpaired) electrons. The fourth-order valence-electron chi connectivity index (χ4n) is 2.59. The number of amides is 2. The lowest BCUT2D eigenvalue weighted by molar-refractivity contribution is -0.132. The van der Waals surface area contributed by atoms with E-state index in [2.05, 4.69) is 5.32 Å².